The smallest absolute Gasteiger partial charge is 0.285 e. The van der Waals surface area contributed by atoms with E-state index in [0.717, 1.165) is 33.5 Å². The van der Waals surface area contributed by atoms with Gasteiger partial charge in [-0.25, -0.2) is 0 Å². The van der Waals surface area contributed by atoms with Crippen molar-refractivity contribution in [2.75, 3.05) is 7.11 Å². The molecule has 3 aromatic rings. The van der Waals surface area contributed by atoms with Gasteiger partial charge in [0.25, 0.3) is 11.8 Å². The van der Waals surface area contributed by atoms with Crippen molar-refractivity contribution in [2.24, 2.45) is 0 Å². The Bertz CT molecular complexity index is 1370. The van der Waals surface area contributed by atoms with Crippen LogP contribution < -0.4 is 14.9 Å². The number of carbonyl (C=O) groups excluding carboxylic acids is 2. The van der Waals surface area contributed by atoms with Gasteiger partial charge in [0.2, 0.25) is 0 Å². The zero-order chi connectivity index (χ0) is 26.4. The zero-order valence-electron chi connectivity index (χ0n) is 19.9. The first kappa shape index (κ1) is 26.5. The van der Waals surface area contributed by atoms with E-state index in [9.17, 15) is 9.59 Å². The minimum Gasteiger partial charge on any atom is -0.493 e. The van der Waals surface area contributed by atoms with Gasteiger partial charge in [0.1, 0.15) is 6.61 Å². The van der Waals surface area contributed by atoms with Crippen LogP contribution in [0.4, 0.5) is 0 Å². The van der Waals surface area contributed by atoms with E-state index in [1.807, 2.05) is 36.4 Å². The number of thiocarbonyl (C=S) groups is 1. The van der Waals surface area contributed by atoms with Gasteiger partial charge in [-0.05, 0) is 72.2 Å². The van der Waals surface area contributed by atoms with Gasteiger partial charge in [0.15, 0.2) is 15.8 Å². The maximum Gasteiger partial charge on any atom is 0.285 e. The minimum atomic E-state index is -0.468. The van der Waals surface area contributed by atoms with Gasteiger partial charge in [-0.2, -0.15) is 5.01 Å². The molecule has 1 aliphatic heterocycles. The van der Waals surface area contributed by atoms with Crippen molar-refractivity contribution in [2.45, 2.75) is 13.0 Å². The highest BCUT2D eigenvalue weighted by atomic mass is 35.5. The Kier molecular flexibility index (Phi) is 8.66. The molecule has 4 rings (SSSR count). The Balaban J connectivity index is 1.56. The molecule has 2 amide bonds. The topological polar surface area (TPSA) is 67.9 Å². The lowest BCUT2D eigenvalue weighted by molar-refractivity contribution is -0.123. The zero-order valence-corrected chi connectivity index (χ0v) is 22.3. The molecule has 0 saturated carbocycles. The van der Waals surface area contributed by atoms with Gasteiger partial charge in [-0.15, -0.1) is 6.58 Å². The number of thioether (sulfide) groups is 1. The number of benzene rings is 3. The lowest BCUT2D eigenvalue weighted by Crippen LogP contribution is -2.44. The van der Waals surface area contributed by atoms with Crippen LogP contribution in [0.25, 0.3) is 6.08 Å². The molecule has 188 valence electrons. The maximum absolute atomic E-state index is 13.1. The van der Waals surface area contributed by atoms with E-state index >= 15 is 0 Å². The second-order valence-corrected chi connectivity index (χ2v) is 10.1. The Morgan fingerprint density at radius 3 is 2.57 bits per heavy atom. The van der Waals surface area contributed by atoms with Crippen molar-refractivity contribution in [3.63, 3.8) is 0 Å². The van der Waals surface area contributed by atoms with Crippen molar-refractivity contribution in [3.05, 3.63) is 112 Å². The number of nitrogens with one attached hydrogen (secondary N) is 1. The van der Waals surface area contributed by atoms with Crippen LogP contribution in [0.1, 0.15) is 27.0 Å². The molecule has 1 aliphatic rings. The number of amides is 2. The quantitative estimate of drug-likeness (QED) is 0.194. The van der Waals surface area contributed by atoms with Crippen molar-refractivity contribution in [1.82, 2.24) is 10.4 Å². The third-order valence-corrected chi connectivity index (χ3v) is 6.93. The SMILES string of the molecule is C=CCc1cc(/C=C2\SC(=S)N(NC(=O)c3ccc(Cl)cc3)C2=O)cc(OC)c1OCc1ccccc1. The van der Waals surface area contributed by atoms with Crippen LogP contribution in [0.5, 0.6) is 11.5 Å². The molecule has 0 unspecified atom stereocenters. The van der Waals surface area contributed by atoms with Crippen molar-refractivity contribution >= 4 is 57.8 Å². The molecule has 0 spiro atoms. The second kappa shape index (κ2) is 12.1. The molecule has 1 fully saturated rings. The maximum atomic E-state index is 13.1. The van der Waals surface area contributed by atoms with Crippen molar-refractivity contribution in [3.8, 4) is 11.5 Å². The molecule has 1 heterocycles. The highest BCUT2D eigenvalue weighted by Gasteiger charge is 2.34. The summed E-state index contributed by atoms with van der Waals surface area (Å²) in [4.78, 5) is 26.0. The number of hydrogen-bond donors (Lipinski definition) is 1. The van der Waals surface area contributed by atoms with Crippen LogP contribution in [0, 0.1) is 0 Å². The molecule has 3 aromatic carbocycles. The number of halogens is 1. The van der Waals surface area contributed by atoms with Crippen LogP contribution in [-0.4, -0.2) is 28.3 Å². The molecule has 0 radical (unpaired) electrons. The van der Waals surface area contributed by atoms with E-state index in [2.05, 4.69) is 12.0 Å². The highest BCUT2D eigenvalue weighted by Crippen LogP contribution is 2.37. The number of hydrogen-bond acceptors (Lipinski definition) is 6. The predicted molar refractivity (Wildman–Crippen MR) is 152 cm³/mol. The molecule has 1 N–H and O–H groups in total. The average Bonchev–Trinajstić information content (AvgIpc) is 3.16. The number of nitrogens with zero attached hydrogens (tertiary/aromatic N) is 1. The predicted octanol–water partition coefficient (Wildman–Crippen LogP) is 6.20. The normalized spacial score (nSPS) is 14.1. The molecule has 0 atom stereocenters. The molecule has 37 heavy (non-hydrogen) atoms. The van der Waals surface area contributed by atoms with Crippen LogP contribution in [0.3, 0.4) is 0 Å². The van der Waals surface area contributed by atoms with E-state index in [1.165, 1.54) is 0 Å². The summed E-state index contributed by atoms with van der Waals surface area (Å²) in [6.45, 7) is 4.23. The average molecular weight is 551 g/mol. The van der Waals surface area contributed by atoms with Crippen LogP contribution in [0.2, 0.25) is 5.02 Å². The van der Waals surface area contributed by atoms with E-state index in [4.69, 9.17) is 33.3 Å². The van der Waals surface area contributed by atoms with E-state index in [-0.39, 0.29) is 4.32 Å². The molecule has 1 saturated heterocycles. The number of ether oxygens (including phenoxy) is 2. The van der Waals surface area contributed by atoms with Gasteiger partial charge in [0.05, 0.1) is 12.0 Å². The van der Waals surface area contributed by atoms with Gasteiger partial charge >= 0.3 is 0 Å². The summed E-state index contributed by atoms with van der Waals surface area (Å²) >= 11 is 12.3. The summed E-state index contributed by atoms with van der Waals surface area (Å²) in [5.41, 5.74) is 5.54. The molecule has 6 nitrogen and oxygen atoms in total. The Hall–Kier alpha value is -3.59. The number of allylic oxidation sites excluding steroid dienone is 1. The first-order valence-electron chi connectivity index (χ1n) is 11.2. The molecule has 0 aromatic heterocycles. The highest BCUT2D eigenvalue weighted by molar-refractivity contribution is 8.26. The van der Waals surface area contributed by atoms with E-state index in [0.29, 0.717) is 40.0 Å². The molecular formula is C28H23ClN2O4S2. The summed E-state index contributed by atoms with van der Waals surface area (Å²) in [7, 11) is 1.57. The van der Waals surface area contributed by atoms with E-state index < -0.39 is 11.8 Å². The summed E-state index contributed by atoms with van der Waals surface area (Å²) in [5, 5.41) is 1.58. The first-order valence-corrected chi connectivity index (χ1v) is 12.8. The second-order valence-electron chi connectivity index (χ2n) is 7.94. The van der Waals surface area contributed by atoms with Crippen LogP contribution in [-0.2, 0) is 17.8 Å². The van der Waals surface area contributed by atoms with Gasteiger partial charge in [-0.1, -0.05) is 59.8 Å². The Labute approximate surface area is 229 Å². The summed E-state index contributed by atoms with van der Waals surface area (Å²) in [6, 6.07) is 19.9. The molecule has 0 bridgehead atoms. The Morgan fingerprint density at radius 2 is 1.89 bits per heavy atom. The minimum absolute atomic E-state index is 0.222. The van der Waals surface area contributed by atoms with E-state index in [1.54, 1.807) is 49.6 Å². The fourth-order valence-electron chi connectivity index (χ4n) is 3.60. The third-order valence-electron chi connectivity index (χ3n) is 5.38. The number of hydrazine groups is 1. The first-order chi connectivity index (χ1) is 17.9. The van der Waals surface area contributed by atoms with Gasteiger partial charge < -0.3 is 9.47 Å². The largest absolute Gasteiger partial charge is 0.493 e. The lowest BCUT2D eigenvalue weighted by atomic mass is 10.0. The van der Waals surface area contributed by atoms with Gasteiger partial charge in [-0.3, -0.25) is 15.0 Å². The number of methoxy groups -OCH3 is 1. The van der Waals surface area contributed by atoms with Crippen LogP contribution in [0.15, 0.2) is 84.3 Å². The Morgan fingerprint density at radius 1 is 1.16 bits per heavy atom. The summed E-state index contributed by atoms with van der Waals surface area (Å²) < 4.78 is 12.0. The fourth-order valence-corrected chi connectivity index (χ4v) is 4.91. The lowest BCUT2D eigenvalue weighted by Gasteiger charge is -2.16. The summed E-state index contributed by atoms with van der Waals surface area (Å²) in [6.07, 6.45) is 4.03. The monoisotopic (exact) mass is 550 g/mol. The van der Waals surface area contributed by atoms with Crippen molar-refractivity contribution < 1.29 is 19.1 Å². The molecule has 0 aliphatic carbocycles. The van der Waals surface area contributed by atoms with Crippen molar-refractivity contribution in [1.29, 1.82) is 0 Å². The summed E-state index contributed by atoms with van der Waals surface area (Å²) in [5.74, 6) is 0.259. The number of rotatable bonds is 9. The van der Waals surface area contributed by atoms with Crippen LogP contribution >= 0.6 is 35.6 Å². The fraction of sp³-hybridized carbons (Fsp3) is 0.107. The third kappa shape index (κ3) is 6.40. The standard InChI is InChI=1S/C28H23ClN2O4S2/c1-3-7-21-14-19(15-23(34-2)25(21)35-17-18-8-5-4-6-9-18)16-24-27(33)31(28(36)37-24)30-26(32)20-10-12-22(29)13-11-20/h3-6,8-16H,1,7,17H2,2H3,(H,30,32)/b24-16-. The molecular weight excluding hydrogens is 528 g/mol. The van der Waals surface area contributed by atoms with Gasteiger partial charge in [0, 0.05) is 16.1 Å². The molecule has 9 heteroatoms. The number of carbonyl (C=O) groups is 2.